The molecule has 12 heavy (non-hydrogen) atoms. The normalized spacial score (nSPS) is 22.8. The van der Waals surface area contributed by atoms with Crippen molar-refractivity contribution in [1.29, 1.82) is 5.26 Å². The fraction of sp³-hybridized carbons (Fsp3) is 0.750. The van der Waals surface area contributed by atoms with Crippen molar-refractivity contribution in [3.05, 3.63) is 0 Å². The molecule has 0 spiro atoms. The quantitative estimate of drug-likeness (QED) is 0.558. The van der Waals surface area contributed by atoms with Crippen molar-refractivity contribution in [2.45, 2.75) is 25.3 Å². The van der Waals surface area contributed by atoms with Crippen LogP contribution in [0.2, 0.25) is 0 Å². The number of hydrogen-bond donors (Lipinski definition) is 2. The summed E-state index contributed by atoms with van der Waals surface area (Å²) < 4.78 is 0. The molecule has 1 aliphatic heterocycles. The number of piperidine rings is 1. The van der Waals surface area contributed by atoms with E-state index in [9.17, 15) is 4.79 Å². The van der Waals surface area contributed by atoms with Crippen molar-refractivity contribution in [2.24, 2.45) is 0 Å². The van der Waals surface area contributed by atoms with Crippen LogP contribution in [-0.4, -0.2) is 25.0 Å². The zero-order chi connectivity index (χ0) is 8.81. The molecule has 0 saturated carbocycles. The highest BCUT2D eigenvalue weighted by molar-refractivity contribution is 5.81. The fourth-order valence-electron chi connectivity index (χ4n) is 1.33. The lowest BCUT2D eigenvalue weighted by Crippen LogP contribution is -2.46. The van der Waals surface area contributed by atoms with E-state index >= 15 is 0 Å². The lowest BCUT2D eigenvalue weighted by Gasteiger charge is -2.21. The molecule has 0 unspecified atom stereocenters. The maximum Gasteiger partial charge on any atom is 0.237 e. The van der Waals surface area contributed by atoms with Gasteiger partial charge in [-0.25, -0.2) is 0 Å². The summed E-state index contributed by atoms with van der Waals surface area (Å²) in [6.07, 6.45) is 3.12. The summed E-state index contributed by atoms with van der Waals surface area (Å²) in [5, 5.41) is 13.9. The number of carbonyl (C=O) groups is 1. The highest BCUT2D eigenvalue weighted by Crippen LogP contribution is 2.06. The first-order valence-corrected chi connectivity index (χ1v) is 4.22. The molecule has 1 fully saturated rings. The van der Waals surface area contributed by atoms with E-state index in [1.54, 1.807) is 0 Å². The van der Waals surface area contributed by atoms with Crippen LogP contribution in [-0.2, 0) is 4.79 Å². The summed E-state index contributed by atoms with van der Waals surface area (Å²) in [4.78, 5) is 11.2. The molecule has 1 heterocycles. The first kappa shape index (κ1) is 9.01. The predicted octanol–water partition coefficient (Wildman–Crippen LogP) is -0.232. The number of nitriles is 1. The first-order chi connectivity index (χ1) is 5.84. The number of hydrogen-bond acceptors (Lipinski definition) is 3. The van der Waals surface area contributed by atoms with Gasteiger partial charge in [0.15, 0.2) is 0 Å². The molecule has 2 N–H and O–H groups in total. The Morgan fingerprint density at radius 1 is 1.67 bits per heavy atom. The minimum absolute atomic E-state index is 0.0451. The van der Waals surface area contributed by atoms with Crippen molar-refractivity contribution in [2.75, 3.05) is 13.1 Å². The molecule has 4 heteroatoms. The largest absolute Gasteiger partial charge is 0.342 e. The standard InChI is InChI=1S/C8H13N3O/c9-4-6-11-8(12)7-3-1-2-5-10-7/h7,10H,1-3,5-6H2,(H,11,12)/t7-/m0/s1. The number of carbonyl (C=O) groups excluding carboxylic acids is 1. The Morgan fingerprint density at radius 2 is 2.50 bits per heavy atom. The van der Waals surface area contributed by atoms with E-state index in [2.05, 4.69) is 10.6 Å². The van der Waals surface area contributed by atoms with Gasteiger partial charge in [-0.2, -0.15) is 5.26 Å². The SMILES string of the molecule is N#CCNC(=O)[C@@H]1CCCCN1. The van der Waals surface area contributed by atoms with E-state index < -0.39 is 0 Å². The van der Waals surface area contributed by atoms with Crippen molar-refractivity contribution in [3.63, 3.8) is 0 Å². The molecule has 1 saturated heterocycles. The highest BCUT2D eigenvalue weighted by Gasteiger charge is 2.19. The van der Waals surface area contributed by atoms with Crippen LogP contribution in [0.25, 0.3) is 0 Å². The molecule has 4 nitrogen and oxygen atoms in total. The monoisotopic (exact) mass is 167 g/mol. The Morgan fingerprint density at radius 3 is 3.08 bits per heavy atom. The summed E-state index contributed by atoms with van der Waals surface area (Å²) in [5.74, 6) is -0.0451. The van der Waals surface area contributed by atoms with E-state index in [1.165, 1.54) is 0 Å². The van der Waals surface area contributed by atoms with Gasteiger partial charge in [0.2, 0.25) is 5.91 Å². The molecular formula is C8H13N3O. The van der Waals surface area contributed by atoms with Gasteiger partial charge in [-0.3, -0.25) is 4.79 Å². The molecule has 0 aromatic heterocycles. The Kier molecular flexibility index (Phi) is 3.55. The molecular weight excluding hydrogens is 154 g/mol. The lowest BCUT2D eigenvalue weighted by atomic mass is 10.0. The Balaban J connectivity index is 2.26. The van der Waals surface area contributed by atoms with Gasteiger partial charge in [0.25, 0.3) is 0 Å². The van der Waals surface area contributed by atoms with Crippen LogP contribution >= 0.6 is 0 Å². The molecule has 0 radical (unpaired) electrons. The van der Waals surface area contributed by atoms with Crippen LogP contribution in [0.1, 0.15) is 19.3 Å². The number of nitrogens with one attached hydrogen (secondary N) is 2. The van der Waals surface area contributed by atoms with Gasteiger partial charge in [0.1, 0.15) is 6.54 Å². The Bertz CT molecular complexity index is 191. The fourth-order valence-corrected chi connectivity index (χ4v) is 1.33. The maximum absolute atomic E-state index is 11.2. The second-order valence-corrected chi connectivity index (χ2v) is 2.88. The Labute approximate surface area is 71.9 Å². The first-order valence-electron chi connectivity index (χ1n) is 4.22. The van der Waals surface area contributed by atoms with E-state index in [4.69, 9.17) is 5.26 Å². The van der Waals surface area contributed by atoms with Crippen molar-refractivity contribution in [3.8, 4) is 6.07 Å². The van der Waals surface area contributed by atoms with Gasteiger partial charge >= 0.3 is 0 Å². The molecule has 0 aromatic rings. The molecule has 1 rings (SSSR count). The lowest BCUT2D eigenvalue weighted by molar-refractivity contribution is -0.123. The molecule has 1 amide bonds. The van der Waals surface area contributed by atoms with Gasteiger partial charge in [-0.05, 0) is 19.4 Å². The van der Waals surface area contributed by atoms with Gasteiger partial charge in [0.05, 0.1) is 12.1 Å². The molecule has 1 aliphatic rings. The van der Waals surface area contributed by atoms with Crippen molar-refractivity contribution >= 4 is 5.91 Å². The van der Waals surface area contributed by atoms with Gasteiger partial charge < -0.3 is 10.6 Å². The molecule has 0 aliphatic carbocycles. The average Bonchev–Trinajstić information content (AvgIpc) is 2.15. The van der Waals surface area contributed by atoms with Gasteiger partial charge in [-0.15, -0.1) is 0 Å². The number of nitrogens with zero attached hydrogens (tertiary/aromatic N) is 1. The van der Waals surface area contributed by atoms with Crippen LogP contribution < -0.4 is 10.6 Å². The third-order valence-electron chi connectivity index (χ3n) is 1.97. The van der Waals surface area contributed by atoms with Crippen LogP contribution in [0.4, 0.5) is 0 Å². The van der Waals surface area contributed by atoms with E-state index in [-0.39, 0.29) is 18.5 Å². The van der Waals surface area contributed by atoms with Crippen LogP contribution in [0.3, 0.4) is 0 Å². The number of amides is 1. The molecule has 1 atom stereocenters. The van der Waals surface area contributed by atoms with Crippen LogP contribution in [0.15, 0.2) is 0 Å². The average molecular weight is 167 g/mol. The van der Waals surface area contributed by atoms with E-state index in [0.717, 1.165) is 25.8 Å². The minimum atomic E-state index is -0.0768. The van der Waals surface area contributed by atoms with E-state index in [0.29, 0.717) is 0 Å². The Hall–Kier alpha value is -1.08. The smallest absolute Gasteiger partial charge is 0.237 e. The van der Waals surface area contributed by atoms with Crippen LogP contribution in [0.5, 0.6) is 0 Å². The second kappa shape index (κ2) is 4.73. The van der Waals surface area contributed by atoms with Crippen molar-refractivity contribution in [1.82, 2.24) is 10.6 Å². The van der Waals surface area contributed by atoms with Crippen molar-refractivity contribution < 1.29 is 4.79 Å². The van der Waals surface area contributed by atoms with Gasteiger partial charge in [0, 0.05) is 0 Å². The third kappa shape index (κ3) is 2.51. The number of rotatable bonds is 2. The summed E-state index contributed by atoms with van der Waals surface area (Å²) in [6, 6.07) is 1.80. The highest BCUT2D eigenvalue weighted by atomic mass is 16.2. The predicted molar refractivity (Wildman–Crippen MR) is 44.3 cm³/mol. The summed E-state index contributed by atoms with van der Waals surface area (Å²) in [5.41, 5.74) is 0. The topological polar surface area (TPSA) is 64.9 Å². The molecule has 0 aromatic carbocycles. The maximum atomic E-state index is 11.2. The zero-order valence-electron chi connectivity index (χ0n) is 6.97. The zero-order valence-corrected chi connectivity index (χ0v) is 6.97. The van der Waals surface area contributed by atoms with E-state index in [1.807, 2.05) is 6.07 Å². The van der Waals surface area contributed by atoms with Crippen LogP contribution in [0, 0.1) is 11.3 Å². The minimum Gasteiger partial charge on any atom is -0.342 e. The molecule has 0 bridgehead atoms. The summed E-state index contributed by atoms with van der Waals surface area (Å²) in [7, 11) is 0. The molecule has 66 valence electrons. The summed E-state index contributed by atoms with van der Waals surface area (Å²) >= 11 is 0. The summed E-state index contributed by atoms with van der Waals surface area (Å²) in [6.45, 7) is 1.02. The van der Waals surface area contributed by atoms with Gasteiger partial charge in [-0.1, -0.05) is 6.42 Å². The second-order valence-electron chi connectivity index (χ2n) is 2.88. The third-order valence-corrected chi connectivity index (χ3v) is 1.97.